The monoisotopic (exact) mass is 168 g/mol. The molecule has 0 spiro atoms. The number of hydrogen-bond acceptors (Lipinski definition) is 1. The Hall–Kier alpha value is -0.590. The van der Waals surface area contributed by atoms with Crippen LogP contribution in [0.4, 0.5) is 0 Å². The van der Waals surface area contributed by atoms with Crippen molar-refractivity contribution in [3.8, 4) is 0 Å². The highest BCUT2D eigenvalue weighted by Crippen LogP contribution is 2.07. The van der Waals surface area contributed by atoms with E-state index >= 15 is 0 Å². The summed E-state index contributed by atoms with van der Waals surface area (Å²) in [6, 6.07) is 0. The average Bonchev–Trinajstić information content (AvgIpc) is 2.11. The first-order valence-electron chi connectivity index (χ1n) is 4.99. The summed E-state index contributed by atoms with van der Waals surface area (Å²) in [7, 11) is 0. The van der Waals surface area contributed by atoms with Gasteiger partial charge in [0, 0.05) is 0 Å². The third-order valence-corrected chi connectivity index (χ3v) is 1.93. The molecule has 0 rings (SSSR count). The van der Waals surface area contributed by atoms with Gasteiger partial charge in [-0.25, -0.2) is 0 Å². The van der Waals surface area contributed by atoms with Crippen LogP contribution >= 0.6 is 0 Å². The fourth-order valence-electron chi connectivity index (χ4n) is 1.08. The Bertz CT molecular complexity index is 136. The molecule has 1 heteroatoms. The summed E-state index contributed by atoms with van der Waals surface area (Å²) in [6.45, 7) is 4.31. The van der Waals surface area contributed by atoms with Crippen molar-refractivity contribution in [2.24, 2.45) is 0 Å². The predicted octanol–water partition coefficient (Wildman–Crippen LogP) is 3.49. The van der Waals surface area contributed by atoms with Crippen LogP contribution in [0.3, 0.4) is 0 Å². The molecule has 0 fully saturated rings. The SMILES string of the molecule is CCCCC=C(C=O)CCCC. The number of allylic oxidation sites excluding steroid dienone is 2. The van der Waals surface area contributed by atoms with Crippen LogP contribution in [0.25, 0.3) is 0 Å². The minimum absolute atomic E-state index is 0.962. The van der Waals surface area contributed by atoms with Crippen molar-refractivity contribution in [1.29, 1.82) is 0 Å². The van der Waals surface area contributed by atoms with Gasteiger partial charge in [-0.15, -0.1) is 0 Å². The molecule has 0 radical (unpaired) electrons. The van der Waals surface area contributed by atoms with Gasteiger partial charge >= 0.3 is 0 Å². The zero-order chi connectivity index (χ0) is 9.23. The van der Waals surface area contributed by atoms with Crippen LogP contribution in [-0.2, 0) is 4.79 Å². The van der Waals surface area contributed by atoms with Crippen molar-refractivity contribution in [2.45, 2.75) is 52.4 Å². The molecule has 0 aromatic carbocycles. The molecule has 0 saturated heterocycles. The van der Waals surface area contributed by atoms with Crippen LogP contribution in [0.5, 0.6) is 0 Å². The van der Waals surface area contributed by atoms with E-state index in [1.54, 1.807) is 0 Å². The van der Waals surface area contributed by atoms with Crippen LogP contribution in [0.15, 0.2) is 11.6 Å². The molecular weight excluding hydrogens is 148 g/mol. The smallest absolute Gasteiger partial charge is 0.145 e. The van der Waals surface area contributed by atoms with Gasteiger partial charge in [-0.2, -0.15) is 0 Å². The molecule has 0 aromatic rings. The van der Waals surface area contributed by atoms with Gasteiger partial charge in [-0.05, 0) is 24.8 Å². The summed E-state index contributed by atoms with van der Waals surface area (Å²) in [5, 5.41) is 0. The Balaban J connectivity index is 3.62. The molecule has 1 nitrogen and oxygen atoms in total. The van der Waals surface area contributed by atoms with Crippen molar-refractivity contribution in [3.05, 3.63) is 11.6 Å². The van der Waals surface area contributed by atoms with Gasteiger partial charge in [-0.1, -0.05) is 39.2 Å². The van der Waals surface area contributed by atoms with Gasteiger partial charge < -0.3 is 0 Å². The van der Waals surface area contributed by atoms with E-state index in [0.29, 0.717) is 0 Å². The van der Waals surface area contributed by atoms with E-state index in [1.807, 2.05) is 0 Å². The largest absolute Gasteiger partial charge is 0.298 e. The molecule has 0 saturated carbocycles. The van der Waals surface area contributed by atoms with E-state index in [2.05, 4.69) is 19.9 Å². The molecule has 0 aromatic heterocycles. The fraction of sp³-hybridized carbons (Fsp3) is 0.727. The summed E-state index contributed by atoms with van der Waals surface area (Å²) in [5.74, 6) is 0. The maximum Gasteiger partial charge on any atom is 0.145 e. The van der Waals surface area contributed by atoms with E-state index in [4.69, 9.17) is 0 Å². The maximum absolute atomic E-state index is 10.5. The average molecular weight is 168 g/mol. The predicted molar refractivity (Wildman–Crippen MR) is 53.2 cm³/mol. The Morgan fingerprint density at radius 2 is 1.83 bits per heavy atom. The lowest BCUT2D eigenvalue weighted by atomic mass is 10.1. The first-order chi connectivity index (χ1) is 5.85. The molecule has 0 N–H and O–H groups in total. The first kappa shape index (κ1) is 11.4. The summed E-state index contributed by atoms with van der Waals surface area (Å²) in [5.41, 5.74) is 0.991. The van der Waals surface area contributed by atoms with E-state index < -0.39 is 0 Å². The van der Waals surface area contributed by atoms with Gasteiger partial charge in [-0.3, -0.25) is 4.79 Å². The highest BCUT2D eigenvalue weighted by atomic mass is 16.1. The standard InChI is InChI=1S/C11H20O/c1-3-5-7-9-11(10-12)8-6-4-2/h9-10H,3-8H2,1-2H3. The number of unbranched alkanes of at least 4 members (excludes halogenated alkanes) is 3. The molecule has 0 heterocycles. The van der Waals surface area contributed by atoms with Gasteiger partial charge in [0.05, 0.1) is 0 Å². The van der Waals surface area contributed by atoms with E-state index in [9.17, 15) is 4.79 Å². The number of carbonyl (C=O) groups is 1. The van der Waals surface area contributed by atoms with E-state index in [0.717, 1.165) is 31.1 Å². The van der Waals surface area contributed by atoms with Crippen LogP contribution < -0.4 is 0 Å². The van der Waals surface area contributed by atoms with Crippen molar-refractivity contribution < 1.29 is 4.79 Å². The van der Waals surface area contributed by atoms with Crippen molar-refractivity contribution in [1.82, 2.24) is 0 Å². The summed E-state index contributed by atoms with van der Waals surface area (Å²) >= 11 is 0. The molecular formula is C11H20O. The van der Waals surface area contributed by atoms with Gasteiger partial charge in [0.25, 0.3) is 0 Å². The molecule has 0 aliphatic heterocycles. The minimum Gasteiger partial charge on any atom is -0.298 e. The molecule has 0 atom stereocenters. The Labute approximate surface area is 75.9 Å². The Kier molecular flexibility index (Phi) is 8.09. The minimum atomic E-state index is 0.962. The lowest BCUT2D eigenvalue weighted by Gasteiger charge is -1.97. The molecule has 12 heavy (non-hydrogen) atoms. The lowest BCUT2D eigenvalue weighted by Crippen LogP contribution is -1.85. The molecule has 0 aliphatic carbocycles. The summed E-state index contributed by atoms with van der Waals surface area (Å²) in [6.07, 6.45) is 9.82. The molecule has 70 valence electrons. The van der Waals surface area contributed by atoms with Crippen LogP contribution in [0, 0.1) is 0 Å². The number of aldehydes is 1. The lowest BCUT2D eigenvalue weighted by molar-refractivity contribution is -0.105. The fourth-order valence-corrected chi connectivity index (χ4v) is 1.08. The zero-order valence-corrected chi connectivity index (χ0v) is 8.31. The molecule has 0 bridgehead atoms. The van der Waals surface area contributed by atoms with Crippen LogP contribution in [0.2, 0.25) is 0 Å². The highest BCUT2D eigenvalue weighted by molar-refractivity contribution is 5.72. The molecule has 0 aliphatic rings. The zero-order valence-electron chi connectivity index (χ0n) is 8.31. The summed E-state index contributed by atoms with van der Waals surface area (Å²) < 4.78 is 0. The summed E-state index contributed by atoms with van der Waals surface area (Å²) in [4.78, 5) is 10.5. The van der Waals surface area contributed by atoms with Gasteiger partial charge in [0.2, 0.25) is 0 Å². The first-order valence-corrected chi connectivity index (χ1v) is 4.99. The van der Waals surface area contributed by atoms with Crippen LogP contribution in [0.1, 0.15) is 52.4 Å². The third-order valence-electron chi connectivity index (χ3n) is 1.93. The van der Waals surface area contributed by atoms with Crippen LogP contribution in [-0.4, -0.2) is 6.29 Å². The maximum atomic E-state index is 10.5. The second-order valence-corrected chi connectivity index (χ2v) is 3.14. The van der Waals surface area contributed by atoms with Gasteiger partial charge in [0.15, 0.2) is 0 Å². The van der Waals surface area contributed by atoms with Crippen molar-refractivity contribution >= 4 is 6.29 Å². The molecule has 0 amide bonds. The third kappa shape index (κ3) is 6.14. The Morgan fingerprint density at radius 3 is 2.33 bits per heavy atom. The normalized spacial score (nSPS) is 11.7. The number of rotatable bonds is 7. The number of carbonyl (C=O) groups excluding carboxylic acids is 1. The Morgan fingerprint density at radius 1 is 1.17 bits per heavy atom. The highest BCUT2D eigenvalue weighted by Gasteiger charge is 1.93. The van der Waals surface area contributed by atoms with Gasteiger partial charge in [0.1, 0.15) is 6.29 Å². The van der Waals surface area contributed by atoms with E-state index in [1.165, 1.54) is 19.3 Å². The second kappa shape index (κ2) is 8.51. The topological polar surface area (TPSA) is 17.1 Å². The van der Waals surface area contributed by atoms with Crippen molar-refractivity contribution in [2.75, 3.05) is 0 Å². The van der Waals surface area contributed by atoms with Crippen molar-refractivity contribution in [3.63, 3.8) is 0 Å². The second-order valence-electron chi connectivity index (χ2n) is 3.14. The molecule has 0 unspecified atom stereocenters. The van der Waals surface area contributed by atoms with E-state index in [-0.39, 0.29) is 0 Å². The quantitative estimate of drug-likeness (QED) is 0.323. The number of hydrogen-bond donors (Lipinski definition) is 0.